The summed E-state index contributed by atoms with van der Waals surface area (Å²) >= 11 is 7.82. The lowest BCUT2D eigenvalue weighted by Crippen LogP contribution is -2.17. The SMILES string of the molecule is CCc1nc2c(-c3ccc(Sc4ccccc4)cc3)c[nH]n2c(=O)c1Cl. The molecular formula is C20H16ClN3OS. The Labute approximate surface area is 159 Å². The highest BCUT2D eigenvalue weighted by atomic mass is 35.5. The molecule has 0 aliphatic rings. The topological polar surface area (TPSA) is 50.2 Å². The molecule has 4 aromatic rings. The molecule has 4 rings (SSSR count). The summed E-state index contributed by atoms with van der Waals surface area (Å²) in [7, 11) is 0. The Bertz CT molecular complexity index is 1120. The molecule has 0 aliphatic carbocycles. The Morgan fingerprint density at radius 1 is 1.08 bits per heavy atom. The standard InChI is InChI=1S/C20H16ClN3OS/c1-2-17-18(21)20(25)24-19(23-17)16(12-22-24)13-8-10-15(11-9-13)26-14-6-4-3-5-7-14/h3-12,22H,2H2,1H3. The van der Waals surface area contributed by atoms with Gasteiger partial charge in [0, 0.05) is 21.6 Å². The number of nitrogens with one attached hydrogen (secondary N) is 1. The molecule has 0 saturated heterocycles. The largest absolute Gasteiger partial charge is 0.296 e. The lowest BCUT2D eigenvalue weighted by atomic mass is 10.1. The average Bonchev–Trinajstić information content (AvgIpc) is 3.10. The summed E-state index contributed by atoms with van der Waals surface area (Å²) in [4.78, 5) is 19.3. The summed E-state index contributed by atoms with van der Waals surface area (Å²) in [6.07, 6.45) is 2.40. The van der Waals surface area contributed by atoms with Crippen LogP contribution in [0.4, 0.5) is 0 Å². The predicted molar refractivity (Wildman–Crippen MR) is 106 cm³/mol. The predicted octanol–water partition coefficient (Wildman–Crippen LogP) is 5.06. The minimum atomic E-state index is -0.268. The molecule has 2 heterocycles. The third-order valence-corrected chi connectivity index (χ3v) is 5.55. The molecule has 2 aromatic carbocycles. The number of hydrogen-bond acceptors (Lipinski definition) is 3. The van der Waals surface area contributed by atoms with Crippen LogP contribution in [0.3, 0.4) is 0 Å². The third kappa shape index (κ3) is 3.04. The van der Waals surface area contributed by atoms with Gasteiger partial charge in [-0.25, -0.2) is 4.98 Å². The first-order valence-electron chi connectivity index (χ1n) is 8.29. The fraction of sp³-hybridized carbons (Fsp3) is 0.100. The molecule has 130 valence electrons. The average molecular weight is 382 g/mol. The van der Waals surface area contributed by atoms with Crippen LogP contribution in [-0.4, -0.2) is 14.6 Å². The van der Waals surface area contributed by atoms with Crippen molar-refractivity contribution in [2.45, 2.75) is 23.1 Å². The van der Waals surface area contributed by atoms with Crippen molar-refractivity contribution in [1.82, 2.24) is 14.6 Å². The van der Waals surface area contributed by atoms with Crippen molar-refractivity contribution in [2.75, 3.05) is 0 Å². The molecular weight excluding hydrogens is 366 g/mol. The molecule has 0 atom stereocenters. The second kappa shape index (κ2) is 7.02. The Balaban J connectivity index is 1.72. The number of halogens is 1. The van der Waals surface area contributed by atoms with Gasteiger partial charge in [0.05, 0.1) is 5.69 Å². The Hall–Kier alpha value is -2.50. The molecule has 6 heteroatoms. The van der Waals surface area contributed by atoms with Gasteiger partial charge in [0.1, 0.15) is 5.02 Å². The van der Waals surface area contributed by atoms with Gasteiger partial charge in [-0.2, -0.15) is 4.52 Å². The first-order chi connectivity index (χ1) is 12.7. The van der Waals surface area contributed by atoms with Crippen LogP contribution in [0, 0.1) is 0 Å². The van der Waals surface area contributed by atoms with E-state index in [-0.39, 0.29) is 10.6 Å². The highest BCUT2D eigenvalue weighted by molar-refractivity contribution is 7.99. The molecule has 0 fully saturated rings. The van der Waals surface area contributed by atoms with Gasteiger partial charge in [0.25, 0.3) is 5.56 Å². The molecule has 0 bridgehead atoms. The maximum Gasteiger partial charge on any atom is 0.291 e. The molecule has 4 nitrogen and oxygen atoms in total. The van der Waals surface area contributed by atoms with Crippen LogP contribution in [0.25, 0.3) is 16.8 Å². The van der Waals surface area contributed by atoms with Crippen molar-refractivity contribution in [3.63, 3.8) is 0 Å². The van der Waals surface area contributed by atoms with Gasteiger partial charge in [-0.05, 0) is 36.2 Å². The minimum absolute atomic E-state index is 0.174. The van der Waals surface area contributed by atoms with Gasteiger partial charge in [-0.1, -0.05) is 60.6 Å². The van der Waals surface area contributed by atoms with Gasteiger partial charge >= 0.3 is 0 Å². The second-order valence-electron chi connectivity index (χ2n) is 5.82. The van der Waals surface area contributed by atoms with Crippen LogP contribution in [0.2, 0.25) is 5.02 Å². The third-order valence-electron chi connectivity index (χ3n) is 4.15. The molecule has 26 heavy (non-hydrogen) atoms. The lowest BCUT2D eigenvalue weighted by Gasteiger charge is -2.05. The van der Waals surface area contributed by atoms with Crippen molar-refractivity contribution in [3.8, 4) is 11.1 Å². The number of rotatable bonds is 4. The molecule has 0 saturated carbocycles. The summed E-state index contributed by atoms with van der Waals surface area (Å²) < 4.78 is 1.39. The number of nitrogens with zero attached hydrogens (tertiary/aromatic N) is 2. The molecule has 2 aromatic heterocycles. The number of benzene rings is 2. The minimum Gasteiger partial charge on any atom is -0.296 e. The van der Waals surface area contributed by atoms with E-state index in [4.69, 9.17) is 11.6 Å². The van der Waals surface area contributed by atoms with E-state index >= 15 is 0 Å². The normalized spacial score (nSPS) is 11.2. The van der Waals surface area contributed by atoms with Crippen LogP contribution in [0.15, 0.2) is 75.4 Å². The molecule has 0 unspecified atom stereocenters. The van der Waals surface area contributed by atoms with Crippen molar-refractivity contribution in [1.29, 1.82) is 0 Å². The monoisotopic (exact) mass is 381 g/mol. The van der Waals surface area contributed by atoms with Crippen LogP contribution < -0.4 is 5.56 Å². The summed E-state index contributed by atoms with van der Waals surface area (Å²) in [5.41, 5.74) is 2.83. The van der Waals surface area contributed by atoms with E-state index < -0.39 is 0 Å². The maximum atomic E-state index is 12.4. The Morgan fingerprint density at radius 3 is 2.46 bits per heavy atom. The molecule has 0 spiro atoms. The number of aromatic amines is 1. The summed E-state index contributed by atoms with van der Waals surface area (Å²) in [5, 5.41) is 3.13. The number of hydrogen-bond donors (Lipinski definition) is 1. The number of fused-ring (bicyclic) bond motifs is 1. The second-order valence-corrected chi connectivity index (χ2v) is 7.34. The highest BCUT2D eigenvalue weighted by Crippen LogP contribution is 2.30. The fourth-order valence-corrected chi connectivity index (χ4v) is 3.91. The first kappa shape index (κ1) is 16.9. The van der Waals surface area contributed by atoms with E-state index in [2.05, 4.69) is 34.3 Å². The zero-order valence-electron chi connectivity index (χ0n) is 14.1. The molecule has 0 radical (unpaired) electrons. The lowest BCUT2D eigenvalue weighted by molar-refractivity contribution is 0.876. The van der Waals surface area contributed by atoms with E-state index in [1.807, 2.05) is 37.3 Å². The number of aryl methyl sites for hydroxylation is 1. The van der Waals surface area contributed by atoms with Crippen LogP contribution >= 0.6 is 23.4 Å². The van der Waals surface area contributed by atoms with E-state index in [9.17, 15) is 4.79 Å². The van der Waals surface area contributed by atoms with E-state index in [0.29, 0.717) is 17.8 Å². The van der Waals surface area contributed by atoms with E-state index in [1.165, 1.54) is 9.41 Å². The van der Waals surface area contributed by atoms with Crippen LogP contribution in [0.1, 0.15) is 12.6 Å². The van der Waals surface area contributed by atoms with Gasteiger partial charge in [-0.15, -0.1) is 0 Å². The zero-order valence-corrected chi connectivity index (χ0v) is 15.6. The summed E-state index contributed by atoms with van der Waals surface area (Å²) in [6, 6.07) is 18.5. The van der Waals surface area contributed by atoms with Crippen molar-refractivity contribution in [2.24, 2.45) is 0 Å². The Morgan fingerprint density at radius 2 is 1.77 bits per heavy atom. The van der Waals surface area contributed by atoms with E-state index in [1.54, 1.807) is 18.0 Å². The quantitative estimate of drug-likeness (QED) is 0.537. The van der Waals surface area contributed by atoms with Crippen LogP contribution in [0.5, 0.6) is 0 Å². The fourth-order valence-electron chi connectivity index (χ4n) is 2.81. The van der Waals surface area contributed by atoms with Crippen molar-refractivity contribution >= 4 is 29.0 Å². The first-order valence-corrected chi connectivity index (χ1v) is 9.48. The molecule has 0 amide bonds. The number of H-pyrrole nitrogens is 1. The van der Waals surface area contributed by atoms with Gasteiger partial charge in [0.15, 0.2) is 5.65 Å². The maximum absolute atomic E-state index is 12.4. The van der Waals surface area contributed by atoms with Gasteiger partial charge < -0.3 is 0 Å². The van der Waals surface area contributed by atoms with Crippen molar-refractivity contribution < 1.29 is 0 Å². The summed E-state index contributed by atoms with van der Waals surface area (Å²) in [6.45, 7) is 1.94. The number of aromatic nitrogens is 3. The van der Waals surface area contributed by atoms with Gasteiger partial charge in [0.2, 0.25) is 0 Å². The Kier molecular flexibility index (Phi) is 4.57. The molecule has 0 aliphatic heterocycles. The van der Waals surface area contributed by atoms with Gasteiger partial charge in [-0.3, -0.25) is 9.89 Å². The zero-order chi connectivity index (χ0) is 18.1. The van der Waals surface area contributed by atoms with Crippen molar-refractivity contribution in [3.05, 3.63) is 81.9 Å². The molecule has 1 N–H and O–H groups in total. The highest BCUT2D eigenvalue weighted by Gasteiger charge is 2.14. The van der Waals surface area contributed by atoms with E-state index in [0.717, 1.165) is 16.0 Å². The smallest absolute Gasteiger partial charge is 0.291 e. The summed E-state index contributed by atoms with van der Waals surface area (Å²) in [5.74, 6) is 0. The van der Waals surface area contributed by atoms with Crippen LogP contribution in [-0.2, 0) is 6.42 Å².